The van der Waals surface area contributed by atoms with Crippen molar-refractivity contribution >= 4 is 41.0 Å². The highest BCUT2D eigenvalue weighted by Gasteiger charge is 2.14. The predicted octanol–water partition coefficient (Wildman–Crippen LogP) is 4.25. The van der Waals surface area contributed by atoms with Gasteiger partial charge in [0.05, 0.1) is 18.4 Å². The zero-order chi connectivity index (χ0) is 19.9. The second kappa shape index (κ2) is 9.01. The van der Waals surface area contributed by atoms with Crippen LogP contribution in [0.1, 0.15) is 17.1 Å². The van der Waals surface area contributed by atoms with E-state index in [2.05, 4.69) is 15.6 Å². The van der Waals surface area contributed by atoms with Crippen molar-refractivity contribution in [2.45, 2.75) is 13.5 Å². The number of amides is 2. The highest BCUT2D eigenvalue weighted by Crippen LogP contribution is 2.22. The van der Waals surface area contributed by atoms with Crippen LogP contribution in [-0.4, -0.2) is 18.0 Å². The number of benzene rings is 2. The number of nitrogens with zero attached hydrogens (tertiary/aromatic N) is 1. The van der Waals surface area contributed by atoms with Crippen molar-refractivity contribution in [3.05, 3.63) is 82.8 Å². The van der Waals surface area contributed by atoms with Crippen LogP contribution in [0.25, 0.3) is 0 Å². The summed E-state index contributed by atoms with van der Waals surface area (Å²) in [5, 5.41) is 5.67. The molecule has 28 heavy (non-hydrogen) atoms. The molecule has 0 saturated heterocycles. The van der Waals surface area contributed by atoms with Crippen molar-refractivity contribution in [3.8, 4) is 0 Å². The minimum atomic E-state index is -0.746. The van der Waals surface area contributed by atoms with E-state index >= 15 is 0 Å². The molecular weight excluding hydrogens is 378 g/mol. The van der Waals surface area contributed by atoms with Crippen molar-refractivity contribution in [2.75, 3.05) is 5.32 Å². The topological polar surface area (TPSA) is 83.7 Å². The highest BCUT2D eigenvalue weighted by molar-refractivity contribution is 6.39. The molecular formula is C21H18ClN3O3. The number of carbonyl (C=O) groups excluding carboxylic acids is 2. The van der Waals surface area contributed by atoms with E-state index in [0.717, 1.165) is 5.56 Å². The molecule has 0 aliphatic rings. The first-order chi connectivity index (χ1) is 13.5. The molecule has 0 aliphatic heterocycles. The summed E-state index contributed by atoms with van der Waals surface area (Å²) in [5.74, 6) is -0.459. The zero-order valence-corrected chi connectivity index (χ0v) is 15.9. The Morgan fingerprint density at radius 2 is 1.86 bits per heavy atom. The maximum atomic E-state index is 11.9. The number of halogens is 1. The molecule has 0 fully saturated rings. The van der Waals surface area contributed by atoms with Crippen LogP contribution in [0, 0.1) is 6.92 Å². The zero-order valence-electron chi connectivity index (χ0n) is 15.1. The second-order valence-electron chi connectivity index (χ2n) is 6.00. The Morgan fingerprint density at radius 3 is 2.61 bits per heavy atom. The molecule has 2 amide bonds. The monoisotopic (exact) mass is 395 g/mol. The van der Waals surface area contributed by atoms with Crippen molar-refractivity contribution < 1.29 is 14.0 Å². The number of hydrogen-bond acceptors (Lipinski definition) is 4. The average molecular weight is 396 g/mol. The number of aliphatic imine (C=N–C) groups is 1. The molecule has 7 heteroatoms. The smallest absolute Gasteiger partial charge is 0.313 e. The maximum absolute atomic E-state index is 11.9. The Morgan fingerprint density at radius 1 is 1.07 bits per heavy atom. The molecule has 0 atom stereocenters. The van der Waals surface area contributed by atoms with Gasteiger partial charge in [-0.2, -0.15) is 0 Å². The summed E-state index contributed by atoms with van der Waals surface area (Å²) in [4.78, 5) is 28.1. The van der Waals surface area contributed by atoms with E-state index < -0.39 is 11.8 Å². The summed E-state index contributed by atoms with van der Waals surface area (Å²) < 4.78 is 5.58. The van der Waals surface area contributed by atoms with Crippen LogP contribution in [0.2, 0.25) is 5.02 Å². The van der Waals surface area contributed by atoms with Crippen molar-refractivity contribution in [3.63, 3.8) is 0 Å². The van der Waals surface area contributed by atoms with Crippen LogP contribution < -0.4 is 10.6 Å². The summed E-state index contributed by atoms with van der Waals surface area (Å²) in [6.45, 7) is 2.01. The summed E-state index contributed by atoms with van der Waals surface area (Å²) in [6.07, 6.45) is 1.56. The van der Waals surface area contributed by atoms with Gasteiger partial charge in [-0.25, -0.2) is 0 Å². The molecule has 142 valence electrons. The lowest BCUT2D eigenvalue weighted by Crippen LogP contribution is -2.34. The Bertz CT molecular complexity index is 1010. The Balaban J connectivity index is 1.52. The Hall–Kier alpha value is -3.38. The van der Waals surface area contributed by atoms with Crippen LogP contribution >= 0.6 is 11.6 Å². The Kier molecular flexibility index (Phi) is 6.24. The quantitative estimate of drug-likeness (QED) is 0.500. The summed E-state index contributed by atoms with van der Waals surface area (Å²) in [6, 6.07) is 17.7. The molecule has 2 aromatic carbocycles. The van der Waals surface area contributed by atoms with E-state index in [9.17, 15) is 9.59 Å². The van der Waals surface area contributed by atoms with Gasteiger partial charge in [-0.3, -0.25) is 14.6 Å². The first kappa shape index (κ1) is 19.4. The van der Waals surface area contributed by atoms with Gasteiger partial charge in [0.15, 0.2) is 0 Å². The standard InChI is InChI=1S/C21H18ClN3O3/c1-14-7-8-16(11-19(14)22)23-12-17-9-10-18(28-17)13-24-20(26)21(27)25-15-5-3-2-4-6-15/h2-12H,13H2,1H3,(H,24,26)(H,25,27). The fourth-order valence-electron chi connectivity index (χ4n) is 2.32. The third kappa shape index (κ3) is 5.31. The van der Waals surface area contributed by atoms with Gasteiger partial charge in [0.2, 0.25) is 0 Å². The number of para-hydroxylation sites is 1. The molecule has 0 aliphatic carbocycles. The first-order valence-corrected chi connectivity index (χ1v) is 8.92. The summed E-state index contributed by atoms with van der Waals surface area (Å²) >= 11 is 6.08. The van der Waals surface area contributed by atoms with Gasteiger partial charge >= 0.3 is 11.8 Å². The number of rotatable bonds is 5. The second-order valence-corrected chi connectivity index (χ2v) is 6.41. The number of nitrogens with one attached hydrogen (secondary N) is 2. The largest absolute Gasteiger partial charge is 0.458 e. The Labute approximate surface area is 167 Å². The van der Waals surface area contributed by atoms with E-state index in [0.29, 0.717) is 27.9 Å². The van der Waals surface area contributed by atoms with Crippen LogP contribution in [0.4, 0.5) is 11.4 Å². The minimum Gasteiger partial charge on any atom is -0.458 e. The number of carbonyl (C=O) groups is 2. The predicted molar refractivity (Wildman–Crippen MR) is 109 cm³/mol. The summed E-state index contributed by atoms with van der Waals surface area (Å²) in [5.41, 5.74) is 2.24. The average Bonchev–Trinajstić information content (AvgIpc) is 3.15. The molecule has 3 rings (SSSR count). The van der Waals surface area contributed by atoms with Crippen LogP contribution in [0.15, 0.2) is 70.1 Å². The lowest BCUT2D eigenvalue weighted by atomic mass is 10.2. The molecule has 1 heterocycles. The van der Waals surface area contributed by atoms with Crippen molar-refractivity contribution in [2.24, 2.45) is 4.99 Å². The highest BCUT2D eigenvalue weighted by atomic mass is 35.5. The van der Waals surface area contributed by atoms with Gasteiger partial charge in [0, 0.05) is 10.7 Å². The van der Waals surface area contributed by atoms with E-state index in [1.54, 1.807) is 48.7 Å². The van der Waals surface area contributed by atoms with Crippen LogP contribution in [-0.2, 0) is 16.1 Å². The van der Waals surface area contributed by atoms with Gasteiger partial charge in [-0.15, -0.1) is 0 Å². The fraction of sp³-hybridized carbons (Fsp3) is 0.0952. The summed E-state index contributed by atoms with van der Waals surface area (Å²) in [7, 11) is 0. The molecule has 0 unspecified atom stereocenters. The number of aryl methyl sites for hydroxylation is 1. The minimum absolute atomic E-state index is 0.0885. The van der Waals surface area contributed by atoms with Gasteiger partial charge in [-0.1, -0.05) is 35.9 Å². The lowest BCUT2D eigenvalue weighted by Gasteiger charge is -2.05. The van der Waals surface area contributed by atoms with E-state index in [4.69, 9.17) is 16.0 Å². The van der Waals surface area contributed by atoms with E-state index in [1.807, 2.05) is 25.1 Å². The third-order valence-electron chi connectivity index (χ3n) is 3.84. The van der Waals surface area contributed by atoms with Crippen LogP contribution in [0.3, 0.4) is 0 Å². The molecule has 2 N–H and O–H groups in total. The SMILES string of the molecule is Cc1ccc(N=Cc2ccc(CNC(=O)C(=O)Nc3ccccc3)o2)cc1Cl. The van der Waals surface area contributed by atoms with E-state index in [-0.39, 0.29) is 6.54 Å². The first-order valence-electron chi connectivity index (χ1n) is 8.54. The van der Waals surface area contributed by atoms with Crippen molar-refractivity contribution in [1.82, 2.24) is 5.32 Å². The number of furan rings is 1. The molecule has 0 radical (unpaired) electrons. The third-order valence-corrected chi connectivity index (χ3v) is 4.25. The van der Waals surface area contributed by atoms with Gasteiger partial charge in [0.25, 0.3) is 0 Å². The molecule has 1 aromatic heterocycles. The molecule has 0 saturated carbocycles. The number of anilines is 1. The molecule has 0 bridgehead atoms. The molecule has 6 nitrogen and oxygen atoms in total. The van der Waals surface area contributed by atoms with Gasteiger partial charge in [0.1, 0.15) is 11.5 Å². The van der Waals surface area contributed by atoms with Crippen LogP contribution in [0.5, 0.6) is 0 Å². The van der Waals surface area contributed by atoms with E-state index in [1.165, 1.54) is 0 Å². The van der Waals surface area contributed by atoms with Gasteiger partial charge in [-0.05, 0) is 48.9 Å². The fourth-order valence-corrected chi connectivity index (χ4v) is 2.49. The normalized spacial score (nSPS) is 10.8. The molecule has 0 spiro atoms. The van der Waals surface area contributed by atoms with Gasteiger partial charge < -0.3 is 15.1 Å². The number of hydrogen-bond donors (Lipinski definition) is 2. The van der Waals surface area contributed by atoms with Crippen molar-refractivity contribution in [1.29, 1.82) is 0 Å². The molecule has 3 aromatic rings. The lowest BCUT2D eigenvalue weighted by molar-refractivity contribution is -0.136. The maximum Gasteiger partial charge on any atom is 0.313 e.